The fourth-order valence-corrected chi connectivity index (χ4v) is 3.38. The fourth-order valence-electron chi connectivity index (χ4n) is 3.05. The van der Waals surface area contributed by atoms with Crippen molar-refractivity contribution in [2.45, 2.75) is 16.9 Å². The maximum Gasteiger partial charge on any atom is 0.295 e. The summed E-state index contributed by atoms with van der Waals surface area (Å²) in [4.78, 5) is 36.2. The van der Waals surface area contributed by atoms with Crippen LogP contribution in [0.2, 0.25) is 0 Å². The zero-order valence-corrected chi connectivity index (χ0v) is 19.1. The summed E-state index contributed by atoms with van der Waals surface area (Å²) in [6.07, 6.45) is -1.32. The van der Waals surface area contributed by atoms with Crippen LogP contribution in [0.25, 0.3) is 5.69 Å². The van der Waals surface area contributed by atoms with Crippen LogP contribution in [-0.4, -0.2) is 30.2 Å². The van der Waals surface area contributed by atoms with Crippen molar-refractivity contribution >= 4 is 52.1 Å². The molecule has 2 N–H and O–H groups in total. The molecule has 1 aromatic heterocycles. The van der Waals surface area contributed by atoms with Crippen LogP contribution >= 0.6 is 34.8 Å². The Bertz CT molecular complexity index is 1220. The van der Waals surface area contributed by atoms with Gasteiger partial charge in [-0.25, -0.2) is 4.68 Å². The molecule has 1 amide bonds. The zero-order valence-electron chi connectivity index (χ0n) is 16.9. The molecule has 3 aromatic rings. The second-order valence-corrected chi connectivity index (χ2v) is 9.21. The number of carbonyl (C=O) groups is 1. The molecule has 9 nitrogen and oxygen atoms in total. The molecule has 168 valence electrons. The van der Waals surface area contributed by atoms with Gasteiger partial charge in [0, 0.05) is 24.7 Å². The third-order valence-electron chi connectivity index (χ3n) is 4.76. The molecule has 0 saturated carbocycles. The number of nitro benzene ring substituents is 1. The SMILES string of the molecule is Cc1c(N[C@H](NC(=O)c2cccc([N+](=O)[O-])c2)C(Cl)(Cl)Cl)c(=O)n(-c2ccccc2)n1C. The Morgan fingerprint density at radius 1 is 1.12 bits per heavy atom. The molecule has 0 radical (unpaired) electrons. The minimum Gasteiger partial charge on any atom is -0.356 e. The highest BCUT2D eigenvalue weighted by Crippen LogP contribution is 2.31. The monoisotopic (exact) mass is 497 g/mol. The third-order valence-corrected chi connectivity index (χ3v) is 5.42. The molecule has 0 aliphatic carbocycles. The Kier molecular flexibility index (Phi) is 6.82. The molecule has 0 fully saturated rings. The molecule has 0 saturated heterocycles. The van der Waals surface area contributed by atoms with Crippen LogP contribution in [0.1, 0.15) is 16.1 Å². The van der Waals surface area contributed by atoms with Gasteiger partial charge in [0.15, 0.2) is 0 Å². The van der Waals surface area contributed by atoms with Gasteiger partial charge < -0.3 is 10.6 Å². The van der Waals surface area contributed by atoms with E-state index in [1.807, 2.05) is 6.07 Å². The lowest BCUT2D eigenvalue weighted by atomic mass is 10.2. The van der Waals surface area contributed by atoms with E-state index in [1.165, 1.54) is 22.9 Å². The fraction of sp³-hybridized carbons (Fsp3) is 0.200. The highest BCUT2D eigenvalue weighted by atomic mass is 35.6. The third kappa shape index (κ3) is 4.90. The van der Waals surface area contributed by atoms with Crippen LogP contribution in [-0.2, 0) is 7.05 Å². The minimum atomic E-state index is -2.05. The highest BCUT2D eigenvalue weighted by Gasteiger charge is 2.36. The lowest BCUT2D eigenvalue weighted by molar-refractivity contribution is -0.384. The van der Waals surface area contributed by atoms with E-state index in [0.29, 0.717) is 11.4 Å². The molecule has 0 spiro atoms. The molecule has 0 unspecified atom stereocenters. The van der Waals surface area contributed by atoms with Crippen LogP contribution in [0, 0.1) is 17.0 Å². The number of para-hydroxylation sites is 1. The number of benzene rings is 2. The Labute approximate surface area is 197 Å². The van der Waals surface area contributed by atoms with Gasteiger partial charge in [0.2, 0.25) is 3.79 Å². The van der Waals surface area contributed by atoms with Gasteiger partial charge in [0.25, 0.3) is 17.2 Å². The van der Waals surface area contributed by atoms with Crippen LogP contribution in [0.4, 0.5) is 11.4 Å². The number of anilines is 1. The first-order valence-corrected chi connectivity index (χ1v) is 10.4. The quantitative estimate of drug-likeness (QED) is 0.231. The smallest absolute Gasteiger partial charge is 0.295 e. The van der Waals surface area contributed by atoms with Crippen molar-refractivity contribution in [2.24, 2.45) is 7.05 Å². The number of nitrogens with one attached hydrogen (secondary N) is 2. The Morgan fingerprint density at radius 3 is 2.38 bits per heavy atom. The van der Waals surface area contributed by atoms with Crippen molar-refractivity contribution in [2.75, 3.05) is 5.32 Å². The molecule has 1 atom stereocenters. The normalized spacial score (nSPS) is 12.3. The van der Waals surface area contributed by atoms with E-state index in [-0.39, 0.29) is 16.9 Å². The number of halogens is 3. The number of amides is 1. The molecule has 0 aliphatic rings. The van der Waals surface area contributed by atoms with Gasteiger partial charge in [0.05, 0.1) is 16.3 Å². The van der Waals surface area contributed by atoms with E-state index >= 15 is 0 Å². The van der Waals surface area contributed by atoms with Gasteiger partial charge >= 0.3 is 0 Å². The second-order valence-electron chi connectivity index (χ2n) is 6.84. The summed E-state index contributed by atoms with van der Waals surface area (Å²) in [6, 6.07) is 14.0. The van der Waals surface area contributed by atoms with Crippen molar-refractivity contribution in [1.29, 1.82) is 0 Å². The number of rotatable bonds is 6. The number of nitrogens with zero attached hydrogens (tertiary/aromatic N) is 3. The van der Waals surface area contributed by atoms with Crippen molar-refractivity contribution in [3.8, 4) is 5.69 Å². The number of non-ortho nitro benzene ring substituents is 1. The number of hydrogen-bond donors (Lipinski definition) is 2. The van der Waals surface area contributed by atoms with E-state index in [4.69, 9.17) is 34.8 Å². The summed E-state index contributed by atoms with van der Waals surface area (Å²) in [5, 5.41) is 16.3. The molecule has 2 aromatic carbocycles. The molecule has 0 aliphatic heterocycles. The van der Waals surface area contributed by atoms with Gasteiger partial charge in [-0.1, -0.05) is 59.1 Å². The average molecular weight is 499 g/mol. The zero-order chi connectivity index (χ0) is 23.6. The van der Waals surface area contributed by atoms with Crippen molar-refractivity contribution in [3.63, 3.8) is 0 Å². The van der Waals surface area contributed by atoms with E-state index in [9.17, 15) is 19.7 Å². The number of aromatic nitrogens is 2. The predicted octanol–water partition coefficient (Wildman–Crippen LogP) is 3.93. The Morgan fingerprint density at radius 2 is 1.78 bits per heavy atom. The molecule has 1 heterocycles. The van der Waals surface area contributed by atoms with E-state index in [2.05, 4.69) is 10.6 Å². The van der Waals surface area contributed by atoms with E-state index in [1.54, 1.807) is 42.9 Å². The second kappa shape index (κ2) is 9.23. The van der Waals surface area contributed by atoms with E-state index < -0.39 is 26.3 Å². The van der Waals surface area contributed by atoms with Crippen LogP contribution in [0.3, 0.4) is 0 Å². The maximum absolute atomic E-state index is 13.1. The number of alkyl halides is 3. The summed E-state index contributed by atoms with van der Waals surface area (Å²) in [5.74, 6) is -0.727. The number of carbonyl (C=O) groups excluding carboxylic acids is 1. The predicted molar refractivity (Wildman–Crippen MR) is 124 cm³/mol. The Balaban J connectivity index is 1.94. The van der Waals surface area contributed by atoms with Gasteiger partial charge in [-0.3, -0.25) is 24.4 Å². The molecular formula is C20H18Cl3N5O4. The minimum absolute atomic E-state index is 0.00766. The highest BCUT2D eigenvalue weighted by molar-refractivity contribution is 6.68. The van der Waals surface area contributed by atoms with Gasteiger partial charge in [-0.05, 0) is 25.1 Å². The van der Waals surface area contributed by atoms with Crippen LogP contribution < -0.4 is 16.2 Å². The molecule has 32 heavy (non-hydrogen) atoms. The van der Waals surface area contributed by atoms with Crippen molar-refractivity contribution in [3.05, 3.63) is 86.3 Å². The summed E-state index contributed by atoms with van der Waals surface area (Å²) in [7, 11) is 1.70. The first-order valence-electron chi connectivity index (χ1n) is 9.23. The van der Waals surface area contributed by atoms with Crippen molar-refractivity contribution in [1.82, 2.24) is 14.7 Å². The summed E-state index contributed by atoms with van der Waals surface area (Å²) in [5.41, 5.74) is 0.587. The topological polar surface area (TPSA) is 111 Å². The Hall–Kier alpha value is -3.01. The summed E-state index contributed by atoms with van der Waals surface area (Å²) in [6.45, 7) is 1.70. The largest absolute Gasteiger partial charge is 0.356 e. The number of nitro groups is 1. The first kappa shape index (κ1) is 23.6. The molecule has 0 bridgehead atoms. The van der Waals surface area contributed by atoms with E-state index in [0.717, 1.165) is 6.07 Å². The average Bonchev–Trinajstić information content (AvgIpc) is 2.96. The lowest BCUT2D eigenvalue weighted by Gasteiger charge is -2.26. The van der Waals surface area contributed by atoms with Crippen LogP contribution in [0.5, 0.6) is 0 Å². The maximum atomic E-state index is 13.1. The van der Waals surface area contributed by atoms with Gasteiger partial charge in [-0.2, -0.15) is 0 Å². The van der Waals surface area contributed by atoms with Crippen LogP contribution in [0.15, 0.2) is 59.4 Å². The summed E-state index contributed by atoms with van der Waals surface area (Å²) < 4.78 is 0.996. The van der Waals surface area contributed by atoms with Gasteiger partial charge in [0.1, 0.15) is 11.9 Å². The summed E-state index contributed by atoms with van der Waals surface area (Å²) >= 11 is 18.2. The molecular weight excluding hydrogens is 481 g/mol. The number of hydrogen-bond acceptors (Lipinski definition) is 5. The van der Waals surface area contributed by atoms with Crippen molar-refractivity contribution < 1.29 is 9.72 Å². The molecule has 12 heteroatoms. The first-order chi connectivity index (χ1) is 15.0. The standard InChI is InChI=1S/C20H18Cl3N5O4/c1-12-16(18(30)27(26(12)2)14-8-4-3-5-9-14)24-19(20(21,22)23)25-17(29)13-7-6-10-15(11-13)28(31)32/h3-11,19,24H,1-2H3,(H,25,29)/t19-/m1/s1. The molecule has 3 rings (SSSR count). The van der Waals surface area contributed by atoms with Gasteiger partial charge in [-0.15, -0.1) is 0 Å². The lowest BCUT2D eigenvalue weighted by Crippen LogP contribution is -2.49.